The molecule has 8 fully saturated rings. The molecule has 18 N–H and O–H groups in total. The Kier molecular flexibility index (Phi) is 36.8. The Bertz CT molecular complexity index is 4400. The van der Waals surface area contributed by atoms with Crippen molar-refractivity contribution >= 4 is 203 Å². The fraction of sp³-hybridized carbons (Fsp3) is 0.447. The average molecular weight is 2040 g/mol. The predicted octanol–water partition coefficient (Wildman–Crippen LogP) is 6.24. The lowest BCUT2D eigenvalue weighted by Gasteiger charge is -2.49. The summed E-state index contributed by atoms with van der Waals surface area (Å²) in [4.78, 5) is 170. The van der Waals surface area contributed by atoms with Gasteiger partial charge in [0.05, 0.1) is 12.5 Å². The van der Waals surface area contributed by atoms with Gasteiger partial charge in [0.15, 0.2) is 5.78 Å². The van der Waals surface area contributed by atoms with Gasteiger partial charge in [-0.3, -0.25) is 53.0 Å². The zero-order chi connectivity index (χ0) is 83.2. The third kappa shape index (κ3) is 21.5. The Hall–Kier alpha value is -7.12. The molecule has 4 unspecified atom stereocenters. The van der Waals surface area contributed by atoms with Crippen LogP contribution < -0.4 is 44.6 Å². The number of benzene rings is 4. The standard InChI is InChI=1S/C16H19N3O4S.C16H17N3O4S.C16H18N2O4S.C9H11NO.C8H12N2O3S.C8H10N2O3S.3CH4.I2.HI/c1-16(2)11(15(22)23)19-13(21)10(14(19)24-16)18-12(20)9(17)8-6-4-3-5-7-8;1-8-7-24-15-11(14(21)19(15)12(8)16(22)23)18-13(20)10(17)9-5-3-2-4-6-9;1-16(2)12(15(21)22)18-13(20)11(14(18)23-16)17-10(19)8-9-6-4-3-5-7-9;1-7(11)9(10)8-5-3-2-4-6-8;1-8(2)4(7(12)13)10-5(11)3(9)6(10)14-8;1-3-2-14-7-4(9)6(11)10(7)5(3)8(12)13;;;;1-2;/h3-7,9-11,14H,17H2,1-2H3,(H,18,20)(H,22,23);2-6,10-11,15H,7,17H2,1H3,(H,18,20)(H,22,23);3-7,11-12,14H,8H2,1-2H3,(H,17,19)(H,21,22);2-6,9H,10H2,1H3;3-4,6H,9H2,1-2H3,(H,12,13);4,7H,2,9H2,1H3,(H,12,13);3*1H4;;1H/t9-,10-,11+,14?;10-,11-,15?;11-,12+,14-;9-;3-,4+,6?;4-,7?;;;;;/m111011...../s1. The molecule has 4 aromatic rings. The molecular weight excluding hydrogens is 1940 g/mol. The van der Waals surface area contributed by atoms with Crippen molar-refractivity contribution in [3.05, 3.63) is 166 Å². The van der Waals surface area contributed by atoms with E-state index in [9.17, 15) is 82.4 Å². The molecule has 8 amide bonds. The highest BCUT2D eigenvalue weighted by Crippen LogP contribution is 2.53. The van der Waals surface area contributed by atoms with Gasteiger partial charge in [-0.05, 0) is 95.7 Å². The molecule has 4 aromatic carbocycles. The summed E-state index contributed by atoms with van der Waals surface area (Å²) < 4.78 is -1.65. The lowest BCUT2D eigenvalue weighted by atomic mass is 9.95. The molecule has 0 bridgehead atoms. The first kappa shape index (κ1) is 101. The third-order valence-electron chi connectivity index (χ3n) is 19.4. The number of fused-ring (bicyclic) bond motifs is 5. The van der Waals surface area contributed by atoms with Gasteiger partial charge < -0.3 is 84.9 Å². The summed E-state index contributed by atoms with van der Waals surface area (Å²) in [7, 11) is 0. The number of carbonyl (C=O) groups is 14. The van der Waals surface area contributed by atoms with Crippen LogP contribution in [-0.2, 0) is 73.5 Å². The van der Waals surface area contributed by atoms with Gasteiger partial charge in [0.2, 0.25) is 41.4 Å². The SMILES string of the molecule is C.C.C.CC(=O)[C@H](N)c1ccccc1.CC1(C)SC2[C@H](N)C(=O)N2[C@H]1C(=O)O.CC1(C)SC2[C@H](NC(=O)[C@H](N)c3ccccc3)C(=O)N2[C@H]1C(=O)O.CC1(C)S[C@@H]2[C@H](NC(=O)Cc3ccccc3)C(=O)N2[C@H]1C(=O)O.CC1=C(C(=O)O)N2C(=O)[C@@H](N)C2SC1.CC1=C(C(=O)O)N2C(=O)[C@@H](NC(=O)[C@H](N)c3ccccc3)C2SC1.I.II. The van der Waals surface area contributed by atoms with Gasteiger partial charge in [0, 0.05) is 63.0 Å². The summed E-state index contributed by atoms with van der Waals surface area (Å²) in [5.74, 6) is -6.83. The molecule has 634 valence electrons. The lowest BCUT2D eigenvalue weighted by molar-refractivity contribution is -0.161. The monoisotopic (exact) mass is 2040 g/mol. The lowest BCUT2D eigenvalue weighted by Crippen LogP contribution is -2.71. The molecule has 0 aromatic heterocycles. The second-order valence-electron chi connectivity index (χ2n) is 28.5. The van der Waals surface area contributed by atoms with Crippen LogP contribution in [0, 0.1) is 0 Å². The number of thioether (sulfide) groups is 5. The summed E-state index contributed by atoms with van der Waals surface area (Å²) in [6, 6.07) is 28.5. The molecule has 10 heterocycles. The van der Waals surface area contributed by atoms with E-state index in [1.165, 1.54) is 90.2 Å². The summed E-state index contributed by atoms with van der Waals surface area (Å²) in [5.41, 5.74) is 33.1. The van der Waals surface area contributed by atoms with Crippen LogP contribution in [0.5, 0.6) is 0 Å². The summed E-state index contributed by atoms with van der Waals surface area (Å²) in [5, 5.41) is 52.6. The zero-order valence-electron chi connectivity index (χ0n) is 62.2. The number of aliphatic carboxylic acids is 5. The Labute approximate surface area is 734 Å². The number of β-lactam (4-membered cyclic amide) rings is 5. The van der Waals surface area contributed by atoms with Crippen LogP contribution in [0.15, 0.2) is 144 Å². The number of carboxylic acid groups (broad SMARTS) is 5. The highest BCUT2D eigenvalue weighted by atomic mass is 128. The maximum Gasteiger partial charge on any atom is 0.352 e. The van der Waals surface area contributed by atoms with Gasteiger partial charge in [-0.15, -0.1) is 82.8 Å². The van der Waals surface area contributed by atoms with E-state index in [2.05, 4.69) is 53.2 Å². The van der Waals surface area contributed by atoms with E-state index >= 15 is 0 Å². The number of ketones is 1. The van der Waals surface area contributed by atoms with Crippen molar-refractivity contribution in [3.8, 4) is 0 Å². The van der Waals surface area contributed by atoms with Crippen molar-refractivity contribution in [2.24, 2.45) is 28.7 Å². The number of hydrogen-bond acceptors (Lipinski definition) is 24. The van der Waals surface area contributed by atoms with Gasteiger partial charge in [0.1, 0.15) is 98.7 Å². The van der Waals surface area contributed by atoms with Gasteiger partial charge >= 0.3 is 29.8 Å². The van der Waals surface area contributed by atoms with Gasteiger partial charge in [-0.2, -0.15) is 0 Å². The first-order valence-electron chi connectivity index (χ1n) is 34.5. The second kappa shape index (κ2) is 42.2. The number of nitrogens with zero attached hydrogens (tertiary/aromatic N) is 5. The number of amides is 8. The fourth-order valence-corrected chi connectivity index (χ4v) is 21.1. The van der Waals surface area contributed by atoms with E-state index < -0.39 is 134 Å². The van der Waals surface area contributed by atoms with Crippen LogP contribution in [0.25, 0.3) is 0 Å². The summed E-state index contributed by atoms with van der Waals surface area (Å²) >= 11 is 11.5. The van der Waals surface area contributed by atoms with Gasteiger partial charge in [-0.25, -0.2) is 24.0 Å². The van der Waals surface area contributed by atoms with Crippen molar-refractivity contribution in [2.75, 3.05) is 11.5 Å². The minimum Gasteiger partial charge on any atom is -0.480 e. The molecule has 14 rings (SSSR count). The van der Waals surface area contributed by atoms with Gasteiger partial charge in [0.25, 0.3) is 5.91 Å². The highest BCUT2D eigenvalue weighted by molar-refractivity contribution is 15.0. The smallest absolute Gasteiger partial charge is 0.352 e. The van der Waals surface area contributed by atoms with Crippen LogP contribution >= 0.6 is 120 Å². The molecule has 0 aliphatic carbocycles. The third-order valence-corrected chi connectivity index (χ3v) is 27.0. The molecule has 16 atom stereocenters. The fourth-order valence-electron chi connectivity index (χ4n) is 13.8. The summed E-state index contributed by atoms with van der Waals surface area (Å²) in [6.07, 6.45) is 0.202. The summed E-state index contributed by atoms with van der Waals surface area (Å²) in [6.45, 7) is 15.8. The molecule has 32 nitrogen and oxygen atoms in total. The van der Waals surface area contributed by atoms with Crippen LogP contribution in [0.2, 0.25) is 0 Å². The number of rotatable bonds is 16. The van der Waals surface area contributed by atoms with Crippen LogP contribution in [0.3, 0.4) is 0 Å². The van der Waals surface area contributed by atoms with Crippen molar-refractivity contribution in [2.45, 2.75) is 199 Å². The molecule has 0 radical (unpaired) electrons. The maximum atomic E-state index is 12.3. The Morgan fingerprint density at radius 2 is 0.750 bits per heavy atom. The number of carboxylic acids is 5. The second-order valence-corrected chi connectivity index (χ2v) is 36.0. The molecule has 40 heteroatoms. The number of nitrogens with two attached hydrogens (primary N) is 5. The topological polar surface area (TPSA) is 523 Å². The minimum atomic E-state index is -1.13. The van der Waals surface area contributed by atoms with Crippen molar-refractivity contribution < 1.29 is 92.7 Å². The van der Waals surface area contributed by atoms with Crippen LogP contribution in [0.1, 0.15) is 125 Å². The van der Waals surface area contributed by atoms with Crippen molar-refractivity contribution in [1.82, 2.24) is 40.4 Å². The number of nitrogens with one attached hydrogen (secondary N) is 3. The molecule has 116 heavy (non-hydrogen) atoms. The molecule has 10 aliphatic rings. The number of hydrogen-bond donors (Lipinski definition) is 13. The molecule has 8 saturated heterocycles. The molecule has 10 aliphatic heterocycles. The average Bonchev–Trinajstić information content (AvgIpc) is 1.53. The van der Waals surface area contributed by atoms with E-state index in [-0.39, 0.29) is 121 Å². The van der Waals surface area contributed by atoms with E-state index in [0.29, 0.717) is 28.2 Å². The van der Waals surface area contributed by atoms with Crippen molar-refractivity contribution in [3.63, 3.8) is 0 Å². The first-order valence-corrected chi connectivity index (χ1v) is 45.6. The Morgan fingerprint density at radius 1 is 0.448 bits per heavy atom. The molecule has 0 spiro atoms. The predicted molar refractivity (Wildman–Crippen MR) is 474 cm³/mol. The Balaban J connectivity index is 0.000000296. The van der Waals surface area contributed by atoms with Crippen molar-refractivity contribution in [1.29, 1.82) is 0 Å². The van der Waals surface area contributed by atoms with E-state index in [4.69, 9.17) is 38.9 Å². The largest absolute Gasteiger partial charge is 0.480 e. The highest BCUT2D eigenvalue weighted by Gasteiger charge is 2.67. The van der Waals surface area contributed by atoms with Crippen LogP contribution in [0.4, 0.5) is 0 Å². The maximum absolute atomic E-state index is 12.3. The number of halogens is 3. The Morgan fingerprint density at radius 3 is 1.10 bits per heavy atom. The molecular formula is C76H100I3N13O19S5. The first-order chi connectivity index (χ1) is 52.6. The quantitative estimate of drug-likeness (QED) is 0.0435. The molecule has 0 saturated carbocycles. The van der Waals surface area contributed by atoms with E-state index in [0.717, 1.165) is 16.7 Å². The number of carbonyl (C=O) groups excluding carboxylic acids is 9. The van der Waals surface area contributed by atoms with E-state index in [1.54, 1.807) is 76.2 Å². The van der Waals surface area contributed by atoms with Crippen LogP contribution in [-0.4, -0.2) is 234 Å². The van der Waals surface area contributed by atoms with E-state index in [1.807, 2.05) is 100 Å². The van der Waals surface area contributed by atoms with Gasteiger partial charge in [-0.1, -0.05) is 144 Å². The normalized spacial score (nSPS) is 26.2. The minimum absolute atomic E-state index is 0. The number of Topliss-reactive ketones (excluding diaryl/α,β-unsaturated/α-hetero) is 1. The zero-order valence-corrected chi connectivity index (χ0v) is 72.9.